The molecule has 1 N–H and O–H groups in total. The summed E-state index contributed by atoms with van der Waals surface area (Å²) < 4.78 is 0. The van der Waals surface area contributed by atoms with E-state index in [1.54, 1.807) is 18.2 Å². The standard InChI is InChI=1S/C31H35Cl2N3O4/c1-3-20(2)34-29(38)27(17-21-9-5-4-6-10-21)36(19-22-13-14-23(32)18-26(22)33)28(37)15-16-35-30(39)24-11-7-8-12-25(24)31(35)40/h4-10,13-14,18,20,24-25,27H,3,11-12,15-17,19H2,1-2H3,(H,34,38)/t20-,24-,25+,27+/m0/s1. The van der Waals surface area contributed by atoms with E-state index in [9.17, 15) is 19.2 Å². The van der Waals surface area contributed by atoms with Gasteiger partial charge in [-0.05, 0) is 49.4 Å². The van der Waals surface area contributed by atoms with Crippen LogP contribution in [-0.4, -0.2) is 52.1 Å². The van der Waals surface area contributed by atoms with Crippen LogP contribution in [0.25, 0.3) is 0 Å². The molecular formula is C31H35Cl2N3O4. The van der Waals surface area contributed by atoms with Gasteiger partial charge < -0.3 is 10.2 Å². The molecule has 4 amide bonds. The van der Waals surface area contributed by atoms with Gasteiger partial charge in [-0.15, -0.1) is 0 Å². The van der Waals surface area contributed by atoms with Gasteiger partial charge in [-0.3, -0.25) is 24.1 Å². The second-order valence-electron chi connectivity index (χ2n) is 10.5. The molecule has 40 heavy (non-hydrogen) atoms. The number of carbonyl (C=O) groups excluding carboxylic acids is 4. The third-order valence-electron chi connectivity index (χ3n) is 7.78. The highest BCUT2D eigenvalue weighted by Gasteiger charge is 2.47. The van der Waals surface area contributed by atoms with Crippen molar-refractivity contribution in [2.45, 2.75) is 64.6 Å². The second-order valence-corrected chi connectivity index (χ2v) is 11.4. The molecule has 0 saturated carbocycles. The molecular weight excluding hydrogens is 549 g/mol. The van der Waals surface area contributed by atoms with Crippen molar-refractivity contribution in [3.8, 4) is 0 Å². The highest BCUT2D eigenvalue weighted by molar-refractivity contribution is 6.35. The van der Waals surface area contributed by atoms with Crippen LogP contribution < -0.4 is 5.32 Å². The second kappa shape index (κ2) is 13.5. The number of hydrogen-bond donors (Lipinski definition) is 1. The van der Waals surface area contributed by atoms with E-state index in [0.717, 1.165) is 12.0 Å². The Morgan fingerprint density at radius 1 is 1.02 bits per heavy atom. The minimum absolute atomic E-state index is 0.0284. The number of nitrogens with one attached hydrogen (secondary N) is 1. The molecule has 0 spiro atoms. The maximum Gasteiger partial charge on any atom is 0.243 e. The molecule has 9 heteroatoms. The summed E-state index contributed by atoms with van der Waals surface area (Å²) in [5.74, 6) is -1.79. The monoisotopic (exact) mass is 583 g/mol. The van der Waals surface area contributed by atoms with Crippen LogP contribution in [-0.2, 0) is 32.1 Å². The average Bonchev–Trinajstić information content (AvgIpc) is 3.19. The van der Waals surface area contributed by atoms with Crippen LogP contribution in [0.5, 0.6) is 0 Å². The smallest absolute Gasteiger partial charge is 0.243 e. The molecule has 0 unspecified atom stereocenters. The summed E-state index contributed by atoms with van der Waals surface area (Å²) in [6.07, 6.45) is 5.86. The van der Waals surface area contributed by atoms with E-state index in [4.69, 9.17) is 23.2 Å². The number of hydrogen-bond acceptors (Lipinski definition) is 4. The van der Waals surface area contributed by atoms with Gasteiger partial charge in [0, 0.05) is 42.0 Å². The number of carbonyl (C=O) groups is 4. The highest BCUT2D eigenvalue weighted by Crippen LogP contribution is 2.35. The van der Waals surface area contributed by atoms with Gasteiger partial charge in [0.05, 0.1) is 11.8 Å². The zero-order valence-electron chi connectivity index (χ0n) is 22.8. The maximum absolute atomic E-state index is 13.9. The molecule has 2 aromatic rings. The van der Waals surface area contributed by atoms with Crippen LogP contribution in [0, 0.1) is 11.8 Å². The van der Waals surface area contributed by atoms with E-state index in [0.29, 0.717) is 28.5 Å². The molecule has 212 valence electrons. The SMILES string of the molecule is CC[C@H](C)NC(=O)[C@@H](Cc1ccccc1)N(Cc1ccc(Cl)cc1Cl)C(=O)CCN1C(=O)[C@H]2CC=CC[C@H]2C1=O. The number of rotatable bonds is 11. The van der Waals surface area contributed by atoms with Gasteiger partial charge in [-0.2, -0.15) is 0 Å². The topological polar surface area (TPSA) is 86.8 Å². The van der Waals surface area contributed by atoms with Crippen LogP contribution in [0.15, 0.2) is 60.7 Å². The molecule has 1 aliphatic heterocycles. The van der Waals surface area contributed by atoms with E-state index in [2.05, 4.69) is 5.32 Å². The molecule has 7 nitrogen and oxygen atoms in total. The van der Waals surface area contributed by atoms with Crippen molar-refractivity contribution >= 4 is 46.8 Å². The van der Waals surface area contributed by atoms with Crippen LogP contribution in [0.4, 0.5) is 0 Å². The van der Waals surface area contributed by atoms with Crippen LogP contribution in [0.2, 0.25) is 10.0 Å². The van der Waals surface area contributed by atoms with Crippen LogP contribution in [0.3, 0.4) is 0 Å². The Kier molecular flexibility index (Phi) is 10.0. The first kappa shape index (κ1) is 29.8. The zero-order valence-corrected chi connectivity index (χ0v) is 24.3. The Bertz CT molecular complexity index is 1260. The first-order chi connectivity index (χ1) is 19.2. The fourth-order valence-electron chi connectivity index (χ4n) is 5.27. The first-order valence-electron chi connectivity index (χ1n) is 13.8. The van der Waals surface area contributed by atoms with E-state index < -0.39 is 6.04 Å². The zero-order chi connectivity index (χ0) is 28.8. The quantitative estimate of drug-likeness (QED) is 0.291. The predicted molar refractivity (Wildman–Crippen MR) is 156 cm³/mol. The van der Waals surface area contributed by atoms with Crippen molar-refractivity contribution in [1.29, 1.82) is 0 Å². The minimum Gasteiger partial charge on any atom is -0.352 e. The van der Waals surface area contributed by atoms with Gasteiger partial charge in [-0.25, -0.2) is 0 Å². The third kappa shape index (κ3) is 6.94. The number of nitrogens with zero attached hydrogens (tertiary/aromatic N) is 2. The normalized spacial score (nSPS) is 19.8. The molecule has 1 saturated heterocycles. The van der Waals surface area contributed by atoms with Gasteiger partial charge >= 0.3 is 0 Å². The van der Waals surface area contributed by atoms with Crippen molar-refractivity contribution in [2.24, 2.45) is 11.8 Å². The van der Waals surface area contributed by atoms with Crippen molar-refractivity contribution in [3.05, 3.63) is 81.9 Å². The van der Waals surface area contributed by atoms with E-state index in [1.807, 2.05) is 56.3 Å². The Morgan fingerprint density at radius 3 is 2.27 bits per heavy atom. The highest BCUT2D eigenvalue weighted by atomic mass is 35.5. The van der Waals surface area contributed by atoms with Gasteiger partial charge in [0.1, 0.15) is 6.04 Å². The summed E-state index contributed by atoms with van der Waals surface area (Å²) in [5, 5.41) is 3.87. The number of amides is 4. The molecule has 0 aromatic heterocycles. The fraction of sp³-hybridized carbons (Fsp3) is 0.419. The Hall–Kier alpha value is -3.16. The molecule has 2 aliphatic rings. The number of fused-ring (bicyclic) bond motifs is 1. The van der Waals surface area contributed by atoms with E-state index in [-0.39, 0.29) is 67.4 Å². The Morgan fingerprint density at radius 2 is 1.68 bits per heavy atom. The molecule has 4 rings (SSSR count). The lowest BCUT2D eigenvalue weighted by molar-refractivity contribution is -0.144. The fourth-order valence-corrected chi connectivity index (χ4v) is 5.74. The van der Waals surface area contributed by atoms with Crippen LogP contribution in [0.1, 0.15) is 50.7 Å². The van der Waals surface area contributed by atoms with Gasteiger partial charge in [0.15, 0.2) is 0 Å². The molecule has 1 heterocycles. The minimum atomic E-state index is -0.840. The molecule has 0 bridgehead atoms. The molecule has 2 aromatic carbocycles. The number of allylic oxidation sites excluding steroid dienone is 2. The summed E-state index contributed by atoms with van der Waals surface area (Å²) in [6, 6.07) is 13.6. The van der Waals surface area contributed by atoms with Crippen molar-refractivity contribution in [1.82, 2.24) is 15.1 Å². The Balaban J connectivity index is 1.61. The summed E-state index contributed by atoms with van der Waals surface area (Å²) in [5.41, 5.74) is 1.53. The maximum atomic E-state index is 13.9. The molecule has 0 radical (unpaired) electrons. The van der Waals surface area contributed by atoms with Gasteiger partial charge in [0.25, 0.3) is 0 Å². The summed E-state index contributed by atoms with van der Waals surface area (Å²) in [6.45, 7) is 3.93. The largest absolute Gasteiger partial charge is 0.352 e. The number of imide groups is 1. The predicted octanol–water partition coefficient (Wildman–Crippen LogP) is 5.19. The van der Waals surface area contributed by atoms with Crippen molar-refractivity contribution < 1.29 is 19.2 Å². The summed E-state index contributed by atoms with van der Waals surface area (Å²) >= 11 is 12.6. The van der Waals surface area contributed by atoms with Crippen molar-refractivity contribution in [3.63, 3.8) is 0 Å². The number of halogens is 2. The summed E-state index contributed by atoms with van der Waals surface area (Å²) in [7, 11) is 0. The van der Waals surface area contributed by atoms with E-state index >= 15 is 0 Å². The average molecular weight is 585 g/mol. The lowest BCUT2D eigenvalue weighted by Crippen LogP contribution is -2.52. The molecule has 1 fully saturated rings. The van der Waals surface area contributed by atoms with Crippen molar-refractivity contribution in [2.75, 3.05) is 6.54 Å². The van der Waals surface area contributed by atoms with Crippen LogP contribution >= 0.6 is 23.2 Å². The van der Waals surface area contributed by atoms with Gasteiger partial charge in [0.2, 0.25) is 23.6 Å². The summed E-state index contributed by atoms with van der Waals surface area (Å²) in [4.78, 5) is 56.3. The van der Waals surface area contributed by atoms with E-state index in [1.165, 1.54) is 9.80 Å². The first-order valence-corrected chi connectivity index (χ1v) is 14.5. The Labute approximate surface area is 245 Å². The van der Waals surface area contributed by atoms with Gasteiger partial charge in [-0.1, -0.05) is 78.7 Å². The third-order valence-corrected chi connectivity index (χ3v) is 8.36. The lowest BCUT2D eigenvalue weighted by atomic mass is 9.85. The number of likely N-dealkylation sites (tertiary alicyclic amines) is 1. The molecule has 4 atom stereocenters. The molecule has 1 aliphatic carbocycles. The number of benzene rings is 2. The lowest BCUT2D eigenvalue weighted by Gasteiger charge is -2.33.